The van der Waals surface area contributed by atoms with Gasteiger partial charge in [-0.3, -0.25) is 0 Å². The lowest BCUT2D eigenvalue weighted by Crippen LogP contribution is -2.37. The SMILES string of the molecule is CCCC1(c2nc(C3CCCCS3)no2)CCCN1. The molecule has 19 heavy (non-hydrogen) atoms. The molecule has 2 saturated heterocycles. The largest absolute Gasteiger partial charge is 0.337 e. The highest BCUT2D eigenvalue weighted by Gasteiger charge is 2.40. The molecular weight excluding hydrogens is 258 g/mol. The summed E-state index contributed by atoms with van der Waals surface area (Å²) in [4.78, 5) is 4.75. The second-order valence-corrected chi connectivity index (χ2v) is 6.99. The minimum atomic E-state index is -0.0423. The molecule has 0 aliphatic carbocycles. The molecule has 0 bridgehead atoms. The second kappa shape index (κ2) is 5.83. The molecule has 106 valence electrons. The van der Waals surface area contributed by atoms with Gasteiger partial charge in [0.05, 0.1) is 10.8 Å². The maximum Gasteiger partial charge on any atom is 0.246 e. The lowest BCUT2D eigenvalue weighted by molar-refractivity contribution is 0.240. The molecule has 1 aromatic heterocycles. The number of nitrogens with one attached hydrogen (secondary N) is 1. The normalized spacial score (nSPS) is 31.7. The minimum absolute atomic E-state index is 0.0423. The quantitative estimate of drug-likeness (QED) is 0.916. The van der Waals surface area contributed by atoms with Crippen LogP contribution in [0.15, 0.2) is 4.52 Å². The first-order chi connectivity index (χ1) is 9.34. The van der Waals surface area contributed by atoms with E-state index in [1.54, 1.807) is 0 Å². The Labute approximate surface area is 119 Å². The first-order valence-corrected chi connectivity index (χ1v) is 8.60. The number of thioether (sulfide) groups is 1. The van der Waals surface area contributed by atoms with Crippen LogP contribution in [0.1, 0.15) is 68.8 Å². The van der Waals surface area contributed by atoms with Crippen molar-refractivity contribution in [2.45, 2.75) is 62.7 Å². The number of hydrogen-bond donors (Lipinski definition) is 1. The zero-order valence-electron chi connectivity index (χ0n) is 11.7. The first kappa shape index (κ1) is 13.4. The van der Waals surface area contributed by atoms with Gasteiger partial charge in [-0.25, -0.2) is 0 Å². The number of nitrogens with zero attached hydrogens (tertiary/aromatic N) is 2. The van der Waals surface area contributed by atoms with Gasteiger partial charge in [0.1, 0.15) is 0 Å². The van der Waals surface area contributed by atoms with Crippen LogP contribution in [0.25, 0.3) is 0 Å². The average Bonchev–Trinajstić information content (AvgIpc) is 3.09. The van der Waals surface area contributed by atoms with Crippen molar-refractivity contribution in [2.75, 3.05) is 12.3 Å². The Bertz CT molecular complexity index is 409. The lowest BCUT2D eigenvalue weighted by atomic mass is 9.92. The van der Waals surface area contributed by atoms with Gasteiger partial charge in [-0.15, -0.1) is 0 Å². The van der Waals surface area contributed by atoms with Crippen LogP contribution >= 0.6 is 11.8 Å². The number of hydrogen-bond acceptors (Lipinski definition) is 5. The topological polar surface area (TPSA) is 51.0 Å². The van der Waals surface area contributed by atoms with Crippen molar-refractivity contribution in [3.63, 3.8) is 0 Å². The van der Waals surface area contributed by atoms with Crippen molar-refractivity contribution >= 4 is 11.8 Å². The third kappa shape index (κ3) is 2.68. The van der Waals surface area contributed by atoms with E-state index < -0.39 is 0 Å². The Hall–Kier alpha value is -0.550. The highest BCUT2D eigenvalue weighted by atomic mass is 32.2. The highest BCUT2D eigenvalue weighted by Crippen LogP contribution is 2.39. The molecule has 4 nitrogen and oxygen atoms in total. The van der Waals surface area contributed by atoms with Gasteiger partial charge < -0.3 is 9.84 Å². The van der Waals surface area contributed by atoms with Gasteiger partial charge in [0.2, 0.25) is 5.89 Å². The van der Waals surface area contributed by atoms with Gasteiger partial charge in [0.25, 0.3) is 0 Å². The number of aromatic nitrogens is 2. The summed E-state index contributed by atoms with van der Waals surface area (Å²) < 4.78 is 5.62. The molecule has 3 heterocycles. The zero-order chi connectivity index (χ0) is 13.1. The van der Waals surface area contributed by atoms with Crippen molar-refractivity contribution in [2.24, 2.45) is 0 Å². The minimum Gasteiger partial charge on any atom is -0.337 e. The molecule has 2 unspecified atom stereocenters. The van der Waals surface area contributed by atoms with Gasteiger partial charge in [-0.1, -0.05) is 24.9 Å². The van der Waals surface area contributed by atoms with Gasteiger partial charge in [0, 0.05) is 0 Å². The predicted octanol–water partition coefficient (Wildman–Crippen LogP) is 3.41. The van der Waals surface area contributed by atoms with Crippen LogP contribution in [0.2, 0.25) is 0 Å². The molecule has 0 saturated carbocycles. The molecule has 5 heteroatoms. The van der Waals surface area contributed by atoms with Gasteiger partial charge in [0.15, 0.2) is 5.82 Å². The fourth-order valence-electron chi connectivity index (χ4n) is 3.24. The average molecular weight is 281 g/mol. The summed E-state index contributed by atoms with van der Waals surface area (Å²) in [6.07, 6.45) is 8.37. The van der Waals surface area contributed by atoms with E-state index >= 15 is 0 Å². The van der Waals surface area contributed by atoms with Crippen molar-refractivity contribution < 1.29 is 4.52 Å². The van der Waals surface area contributed by atoms with Crippen LogP contribution < -0.4 is 5.32 Å². The summed E-state index contributed by atoms with van der Waals surface area (Å²) in [6, 6.07) is 0. The summed E-state index contributed by atoms with van der Waals surface area (Å²) >= 11 is 1.98. The van der Waals surface area contributed by atoms with Gasteiger partial charge in [-0.2, -0.15) is 16.7 Å². The smallest absolute Gasteiger partial charge is 0.246 e. The molecule has 0 amide bonds. The molecular formula is C14H23N3OS. The fraction of sp³-hybridized carbons (Fsp3) is 0.857. The molecule has 2 fully saturated rings. The van der Waals surface area contributed by atoms with Crippen LogP contribution in [0, 0.1) is 0 Å². The molecule has 1 aromatic rings. The summed E-state index contributed by atoms with van der Waals surface area (Å²) in [6.45, 7) is 3.28. The Morgan fingerprint density at radius 1 is 1.42 bits per heavy atom. The fourth-order valence-corrected chi connectivity index (χ4v) is 4.47. The van der Waals surface area contributed by atoms with Crippen molar-refractivity contribution in [3.8, 4) is 0 Å². The summed E-state index contributed by atoms with van der Waals surface area (Å²) in [7, 11) is 0. The van der Waals surface area contributed by atoms with E-state index in [1.807, 2.05) is 11.8 Å². The third-order valence-electron chi connectivity index (χ3n) is 4.24. The van der Waals surface area contributed by atoms with E-state index in [0.717, 1.165) is 37.5 Å². The Morgan fingerprint density at radius 3 is 3.05 bits per heavy atom. The molecule has 3 rings (SSSR count). The molecule has 0 aromatic carbocycles. The molecule has 0 spiro atoms. The Balaban J connectivity index is 1.79. The maximum absolute atomic E-state index is 5.62. The molecule has 1 N–H and O–H groups in total. The predicted molar refractivity (Wildman–Crippen MR) is 77.2 cm³/mol. The lowest BCUT2D eigenvalue weighted by Gasteiger charge is -2.24. The molecule has 0 radical (unpaired) electrons. The van der Waals surface area contributed by atoms with Gasteiger partial charge >= 0.3 is 0 Å². The zero-order valence-corrected chi connectivity index (χ0v) is 12.5. The van der Waals surface area contributed by atoms with Crippen molar-refractivity contribution in [1.29, 1.82) is 0 Å². The maximum atomic E-state index is 5.62. The summed E-state index contributed by atoms with van der Waals surface area (Å²) in [5, 5.41) is 8.32. The molecule has 2 aliphatic heterocycles. The summed E-state index contributed by atoms with van der Waals surface area (Å²) in [5.41, 5.74) is -0.0423. The van der Waals surface area contributed by atoms with E-state index in [4.69, 9.17) is 9.51 Å². The summed E-state index contributed by atoms with van der Waals surface area (Å²) in [5.74, 6) is 2.98. The van der Waals surface area contributed by atoms with Crippen LogP contribution in [0.4, 0.5) is 0 Å². The van der Waals surface area contributed by atoms with Gasteiger partial charge in [-0.05, 0) is 44.4 Å². The van der Waals surface area contributed by atoms with Crippen LogP contribution in [-0.2, 0) is 5.54 Å². The molecule has 2 atom stereocenters. The first-order valence-electron chi connectivity index (χ1n) is 7.55. The van der Waals surface area contributed by atoms with Crippen LogP contribution in [0.3, 0.4) is 0 Å². The van der Waals surface area contributed by atoms with E-state index in [2.05, 4.69) is 17.4 Å². The Kier molecular flexibility index (Phi) is 4.12. The van der Waals surface area contributed by atoms with E-state index in [1.165, 1.54) is 31.4 Å². The van der Waals surface area contributed by atoms with Crippen LogP contribution in [-0.4, -0.2) is 22.4 Å². The van der Waals surface area contributed by atoms with Crippen LogP contribution in [0.5, 0.6) is 0 Å². The third-order valence-corrected chi connectivity index (χ3v) is 5.61. The highest BCUT2D eigenvalue weighted by molar-refractivity contribution is 7.99. The standard InChI is InChI=1S/C14H23N3OS/c1-2-7-14(8-5-9-15-14)13-16-12(17-18-13)11-6-3-4-10-19-11/h11,15H,2-10H2,1H3. The number of rotatable bonds is 4. The van der Waals surface area contributed by atoms with E-state index in [9.17, 15) is 0 Å². The second-order valence-electron chi connectivity index (χ2n) is 5.68. The monoisotopic (exact) mass is 281 g/mol. The molecule has 2 aliphatic rings. The van der Waals surface area contributed by atoms with E-state index in [-0.39, 0.29) is 5.54 Å². The van der Waals surface area contributed by atoms with Crippen molar-refractivity contribution in [1.82, 2.24) is 15.5 Å². The Morgan fingerprint density at radius 2 is 2.37 bits per heavy atom. The van der Waals surface area contributed by atoms with E-state index in [0.29, 0.717) is 5.25 Å². The van der Waals surface area contributed by atoms with Crippen molar-refractivity contribution in [3.05, 3.63) is 11.7 Å².